The van der Waals surface area contributed by atoms with Crippen LogP contribution in [-0.2, 0) is 0 Å². The molecule has 0 spiro atoms. The Morgan fingerprint density at radius 3 is 2.83 bits per heavy atom. The summed E-state index contributed by atoms with van der Waals surface area (Å²) in [5.74, 6) is 0. The van der Waals surface area contributed by atoms with Crippen LogP contribution in [0.2, 0.25) is 0 Å². The molecule has 4 nitrogen and oxygen atoms in total. The smallest absolute Gasteiger partial charge is 0.175 e. The maximum Gasteiger partial charge on any atom is 0.175 e. The van der Waals surface area contributed by atoms with Crippen LogP contribution in [0.15, 0.2) is 6.20 Å². The van der Waals surface area contributed by atoms with Crippen LogP contribution in [-0.4, -0.2) is 27.4 Å². The fraction of sp³-hybridized carbons (Fsp3) is 0.286. The van der Waals surface area contributed by atoms with E-state index in [1.807, 2.05) is 13.8 Å². The van der Waals surface area contributed by atoms with Crippen molar-refractivity contribution in [1.29, 1.82) is 0 Å². The number of aryl methyl sites for hydroxylation is 2. The van der Waals surface area contributed by atoms with Crippen molar-refractivity contribution in [2.45, 2.75) is 13.8 Å². The maximum absolute atomic E-state index is 5.44. The first kappa shape index (κ1) is 7.27. The number of aromatic nitrogens is 4. The average Bonchev–Trinajstić information content (AvgIpc) is 2.29. The zero-order valence-corrected chi connectivity index (χ0v) is 6.94. The predicted octanol–water partition coefficient (Wildman–Crippen LogP) is -0.465. The van der Waals surface area contributed by atoms with Gasteiger partial charge in [0.05, 0.1) is 23.3 Å². The fourth-order valence-corrected chi connectivity index (χ4v) is 1.20. The SMILES string of the molecule is [B]c1nc2c(C)nc(C)cn2n1. The molecule has 0 saturated heterocycles. The van der Waals surface area contributed by atoms with E-state index in [2.05, 4.69) is 15.1 Å². The maximum atomic E-state index is 5.44. The Balaban J connectivity index is 2.88. The standard InChI is InChI=1S/C7H7BN4/c1-4-3-12-6(5(2)9-4)10-7(8)11-12/h3H,1-2H3. The topological polar surface area (TPSA) is 43.1 Å². The predicted molar refractivity (Wildman–Crippen MR) is 45.6 cm³/mol. The summed E-state index contributed by atoms with van der Waals surface area (Å²) in [5, 5.41) is 3.98. The van der Waals surface area contributed by atoms with Crippen LogP contribution < -0.4 is 5.72 Å². The molecule has 2 heterocycles. The highest BCUT2D eigenvalue weighted by atomic mass is 15.3. The van der Waals surface area contributed by atoms with Crippen molar-refractivity contribution in [3.63, 3.8) is 0 Å². The summed E-state index contributed by atoms with van der Waals surface area (Å²) in [6.07, 6.45) is 1.80. The molecule has 2 aromatic rings. The number of fused-ring (bicyclic) bond motifs is 1. The molecule has 2 aromatic heterocycles. The largest absolute Gasteiger partial charge is 0.253 e. The Morgan fingerprint density at radius 1 is 1.33 bits per heavy atom. The van der Waals surface area contributed by atoms with Gasteiger partial charge in [-0.3, -0.25) is 4.98 Å². The van der Waals surface area contributed by atoms with Gasteiger partial charge in [-0.15, -0.1) is 0 Å². The van der Waals surface area contributed by atoms with E-state index in [1.54, 1.807) is 10.7 Å². The third-order valence-electron chi connectivity index (χ3n) is 1.62. The zero-order valence-electron chi connectivity index (χ0n) is 6.94. The Bertz CT molecular complexity index is 434. The summed E-state index contributed by atoms with van der Waals surface area (Å²) >= 11 is 0. The van der Waals surface area contributed by atoms with Gasteiger partial charge in [0.25, 0.3) is 0 Å². The monoisotopic (exact) mass is 158 g/mol. The van der Waals surface area contributed by atoms with Crippen LogP contribution in [0.3, 0.4) is 0 Å². The Hall–Kier alpha value is -1.39. The molecule has 0 aromatic carbocycles. The molecule has 2 rings (SSSR count). The molecule has 0 aliphatic carbocycles. The second kappa shape index (κ2) is 2.30. The van der Waals surface area contributed by atoms with Gasteiger partial charge < -0.3 is 0 Å². The number of hydrogen-bond donors (Lipinski definition) is 0. The number of nitrogens with zero attached hydrogens (tertiary/aromatic N) is 4. The molecule has 0 amide bonds. The van der Waals surface area contributed by atoms with E-state index in [9.17, 15) is 0 Å². The summed E-state index contributed by atoms with van der Waals surface area (Å²) in [5.41, 5.74) is 2.76. The van der Waals surface area contributed by atoms with Crippen molar-refractivity contribution in [1.82, 2.24) is 19.6 Å². The van der Waals surface area contributed by atoms with Gasteiger partial charge >= 0.3 is 0 Å². The summed E-state index contributed by atoms with van der Waals surface area (Å²) in [4.78, 5) is 8.26. The summed E-state index contributed by atoms with van der Waals surface area (Å²) in [6, 6.07) is 0. The molecule has 12 heavy (non-hydrogen) atoms. The molecule has 58 valence electrons. The highest BCUT2D eigenvalue weighted by Crippen LogP contribution is 2.02. The van der Waals surface area contributed by atoms with Gasteiger partial charge in [0, 0.05) is 0 Å². The van der Waals surface area contributed by atoms with E-state index < -0.39 is 0 Å². The molecule has 0 unspecified atom stereocenters. The molecule has 0 aliphatic rings. The van der Waals surface area contributed by atoms with Crippen LogP contribution >= 0.6 is 0 Å². The van der Waals surface area contributed by atoms with Gasteiger partial charge in [-0.25, -0.2) is 9.50 Å². The quantitative estimate of drug-likeness (QED) is 0.487. The molecule has 0 bridgehead atoms. The second-order valence-corrected chi connectivity index (χ2v) is 2.71. The molecule has 0 N–H and O–H groups in total. The molecule has 5 heteroatoms. The van der Waals surface area contributed by atoms with E-state index in [-0.39, 0.29) is 5.72 Å². The van der Waals surface area contributed by atoms with Gasteiger partial charge in [0.15, 0.2) is 13.5 Å². The lowest BCUT2D eigenvalue weighted by Crippen LogP contribution is -2.06. The molecule has 0 fully saturated rings. The van der Waals surface area contributed by atoms with Crippen molar-refractivity contribution >= 4 is 19.2 Å². The van der Waals surface area contributed by atoms with Crippen molar-refractivity contribution in [3.05, 3.63) is 17.6 Å². The van der Waals surface area contributed by atoms with E-state index in [0.29, 0.717) is 0 Å². The molecule has 0 saturated carbocycles. The van der Waals surface area contributed by atoms with Gasteiger partial charge in [-0.05, 0) is 13.8 Å². The lowest BCUT2D eigenvalue weighted by atomic mass is 10.1. The van der Waals surface area contributed by atoms with Crippen molar-refractivity contribution in [2.75, 3.05) is 0 Å². The number of hydrogen-bond acceptors (Lipinski definition) is 3. The number of rotatable bonds is 0. The third kappa shape index (κ3) is 0.977. The van der Waals surface area contributed by atoms with Crippen molar-refractivity contribution < 1.29 is 0 Å². The molecule has 0 aliphatic heterocycles. The fourth-order valence-electron chi connectivity index (χ4n) is 1.20. The van der Waals surface area contributed by atoms with E-state index in [1.165, 1.54) is 0 Å². The molecule has 2 radical (unpaired) electrons. The first-order valence-electron chi connectivity index (χ1n) is 3.63. The molecule has 0 atom stereocenters. The molecular formula is C7H7BN4. The Labute approximate surface area is 71.1 Å². The van der Waals surface area contributed by atoms with Crippen LogP contribution in [0.4, 0.5) is 0 Å². The first-order valence-corrected chi connectivity index (χ1v) is 3.63. The summed E-state index contributed by atoms with van der Waals surface area (Å²) in [7, 11) is 5.44. The van der Waals surface area contributed by atoms with Crippen molar-refractivity contribution in [3.8, 4) is 0 Å². The summed E-state index contributed by atoms with van der Waals surface area (Å²) in [6.45, 7) is 3.79. The van der Waals surface area contributed by atoms with Gasteiger partial charge in [0.2, 0.25) is 0 Å². The van der Waals surface area contributed by atoms with Gasteiger partial charge in [-0.2, -0.15) is 5.10 Å². The minimum atomic E-state index is 0.283. The second-order valence-electron chi connectivity index (χ2n) is 2.71. The van der Waals surface area contributed by atoms with Gasteiger partial charge in [-0.1, -0.05) is 0 Å². The van der Waals surface area contributed by atoms with E-state index in [0.717, 1.165) is 17.0 Å². The molecular weight excluding hydrogens is 151 g/mol. The van der Waals surface area contributed by atoms with E-state index >= 15 is 0 Å². The van der Waals surface area contributed by atoms with Crippen molar-refractivity contribution in [2.24, 2.45) is 0 Å². The average molecular weight is 158 g/mol. The summed E-state index contributed by atoms with van der Waals surface area (Å²) < 4.78 is 1.65. The minimum Gasteiger partial charge on any atom is -0.253 e. The Morgan fingerprint density at radius 2 is 2.08 bits per heavy atom. The van der Waals surface area contributed by atoms with E-state index in [4.69, 9.17) is 7.85 Å². The van der Waals surface area contributed by atoms with Crippen LogP contribution in [0.25, 0.3) is 5.65 Å². The lowest BCUT2D eigenvalue weighted by molar-refractivity contribution is 0.922. The zero-order chi connectivity index (χ0) is 8.72. The third-order valence-corrected chi connectivity index (χ3v) is 1.62. The highest BCUT2D eigenvalue weighted by molar-refractivity contribution is 6.29. The highest BCUT2D eigenvalue weighted by Gasteiger charge is 2.03. The first-order chi connectivity index (χ1) is 5.66. The normalized spacial score (nSPS) is 10.8. The lowest BCUT2D eigenvalue weighted by Gasteiger charge is -1.96. The Kier molecular flexibility index (Phi) is 1.39. The van der Waals surface area contributed by atoms with Crippen LogP contribution in [0.1, 0.15) is 11.4 Å². The van der Waals surface area contributed by atoms with Crippen LogP contribution in [0.5, 0.6) is 0 Å². The van der Waals surface area contributed by atoms with Crippen LogP contribution in [0, 0.1) is 13.8 Å². The van der Waals surface area contributed by atoms with Gasteiger partial charge in [0.1, 0.15) is 0 Å². The minimum absolute atomic E-state index is 0.283.